The largest absolute Gasteiger partial charge is 0.497 e. The molecular weight excluding hydrogens is 440 g/mol. The highest BCUT2D eigenvalue weighted by atomic mass is 32.2. The molecule has 1 fully saturated rings. The molecule has 0 spiro atoms. The van der Waals surface area contributed by atoms with Crippen molar-refractivity contribution in [3.8, 4) is 11.5 Å². The van der Waals surface area contributed by atoms with Crippen molar-refractivity contribution in [1.29, 1.82) is 0 Å². The first-order chi connectivity index (χ1) is 15.3. The predicted molar refractivity (Wildman–Crippen MR) is 115 cm³/mol. The number of amides is 1. The lowest BCUT2D eigenvalue weighted by atomic mass is 10.1. The Bertz CT molecular complexity index is 1110. The fourth-order valence-corrected chi connectivity index (χ4v) is 4.77. The molecule has 2 aromatic rings. The molecule has 0 unspecified atom stereocenters. The summed E-state index contributed by atoms with van der Waals surface area (Å²) in [7, 11) is 0.113. The highest BCUT2D eigenvalue weighted by molar-refractivity contribution is 7.89. The summed E-state index contributed by atoms with van der Waals surface area (Å²) in [4.78, 5) is 24.9. The van der Waals surface area contributed by atoms with Crippen molar-refractivity contribution in [2.45, 2.75) is 4.90 Å². The smallest absolute Gasteiger partial charge is 0.340 e. The van der Waals surface area contributed by atoms with Crippen molar-refractivity contribution in [3.63, 3.8) is 0 Å². The number of sulfonamides is 1. The molecule has 0 radical (unpaired) electrons. The molecule has 1 N–H and O–H groups in total. The summed E-state index contributed by atoms with van der Waals surface area (Å²) in [6.07, 6.45) is 0. The van der Waals surface area contributed by atoms with Crippen molar-refractivity contribution in [2.75, 3.05) is 52.9 Å². The maximum atomic E-state index is 13.1. The molecule has 0 aliphatic carbocycles. The van der Waals surface area contributed by atoms with E-state index in [-0.39, 0.29) is 53.8 Å². The summed E-state index contributed by atoms with van der Waals surface area (Å²) in [6.45, 7) is 0.984. The molecule has 0 aromatic heterocycles. The number of morpholine rings is 1. The van der Waals surface area contributed by atoms with Crippen LogP contribution in [0.25, 0.3) is 0 Å². The van der Waals surface area contributed by atoms with E-state index in [0.717, 1.165) is 0 Å². The number of nitrogens with one attached hydrogen (secondary N) is 1. The van der Waals surface area contributed by atoms with Crippen LogP contribution in [0.15, 0.2) is 41.3 Å². The zero-order valence-corrected chi connectivity index (χ0v) is 18.7. The summed E-state index contributed by atoms with van der Waals surface area (Å²) in [5, 5.41) is 2.62. The van der Waals surface area contributed by atoms with Crippen LogP contribution in [0, 0.1) is 0 Å². The fourth-order valence-electron chi connectivity index (χ4n) is 3.18. The van der Waals surface area contributed by atoms with Gasteiger partial charge in [-0.25, -0.2) is 13.2 Å². The molecule has 0 saturated carbocycles. The number of anilines is 1. The SMILES string of the molecule is COC(=O)c1cc(OC)ccc1NC(=O)c1ccc(OC)c(S(=O)(=O)N2CCOCC2)c1. The van der Waals surface area contributed by atoms with Gasteiger partial charge in [-0.2, -0.15) is 4.31 Å². The van der Waals surface area contributed by atoms with Gasteiger partial charge in [-0.15, -0.1) is 0 Å². The van der Waals surface area contributed by atoms with Crippen LogP contribution in [0.5, 0.6) is 11.5 Å². The molecule has 1 amide bonds. The molecular formula is C21H24N2O8S. The van der Waals surface area contributed by atoms with Gasteiger partial charge < -0.3 is 24.3 Å². The van der Waals surface area contributed by atoms with E-state index in [0.29, 0.717) is 5.75 Å². The number of methoxy groups -OCH3 is 3. The second-order valence-electron chi connectivity index (χ2n) is 6.74. The number of carbonyl (C=O) groups is 2. The fraction of sp³-hybridized carbons (Fsp3) is 0.333. The average molecular weight is 464 g/mol. The molecule has 0 bridgehead atoms. The van der Waals surface area contributed by atoms with Gasteiger partial charge in [0.15, 0.2) is 0 Å². The van der Waals surface area contributed by atoms with Gasteiger partial charge >= 0.3 is 5.97 Å². The molecule has 172 valence electrons. The second kappa shape index (κ2) is 9.98. The van der Waals surface area contributed by atoms with E-state index in [1.165, 1.54) is 56.0 Å². The van der Waals surface area contributed by atoms with Crippen molar-refractivity contribution in [1.82, 2.24) is 4.31 Å². The third-order valence-electron chi connectivity index (χ3n) is 4.89. The van der Waals surface area contributed by atoms with Gasteiger partial charge in [0, 0.05) is 18.7 Å². The summed E-state index contributed by atoms with van der Waals surface area (Å²) in [5.74, 6) is -0.745. The zero-order chi connectivity index (χ0) is 23.3. The maximum absolute atomic E-state index is 13.1. The van der Waals surface area contributed by atoms with E-state index in [9.17, 15) is 18.0 Å². The first kappa shape index (κ1) is 23.5. The third kappa shape index (κ3) is 4.85. The van der Waals surface area contributed by atoms with Gasteiger partial charge in [0.2, 0.25) is 10.0 Å². The summed E-state index contributed by atoms with van der Waals surface area (Å²) < 4.78 is 47.9. The first-order valence-corrected chi connectivity index (χ1v) is 11.1. The van der Waals surface area contributed by atoms with Gasteiger partial charge in [0.25, 0.3) is 5.91 Å². The Morgan fingerprint density at radius 2 is 1.72 bits per heavy atom. The van der Waals surface area contributed by atoms with E-state index in [2.05, 4.69) is 5.32 Å². The van der Waals surface area contributed by atoms with E-state index >= 15 is 0 Å². The number of hydrogen-bond acceptors (Lipinski definition) is 8. The standard InChI is InChI=1S/C21H24N2O8S/c1-28-15-5-6-17(16(13-15)21(25)30-3)22-20(24)14-4-7-18(29-2)19(12-14)32(26,27)23-8-10-31-11-9-23/h4-7,12-13H,8-11H2,1-3H3,(H,22,24). The van der Waals surface area contributed by atoms with Crippen molar-refractivity contribution in [3.05, 3.63) is 47.5 Å². The van der Waals surface area contributed by atoms with Crippen LogP contribution >= 0.6 is 0 Å². The Morgan fingerprint density at radius 3 is 2.34 bits per heavy atom. The van der Waals surface area contributed by atoms with Gasteiger partial charge in [-0.3, -0.25) is 4.79 Å². The van der Waals surface area contributed by atoms with Crippen molar-refractivity contribution >= 4 is 27.6 Å². The number of carbonyl (C=O) groups excluding carboxylic acids is 2. The number of hydrogen-bond donors (Lipinski definition) is 1. The van der Waals surface area contributed by atoms with E-state index in [4.69, 9.17) is 18.9 Å². The highest BCUT2D eigenvalue weighted by Crippen LogP contribution is 2.29. The lowest BCUT2D eigenvalue weighted by molar-refractivity contribution is 0.0601. The molecule has 1 heterocycles. The Labute approximate surface area is 186 Å². The summed E-state index contributed by atoms with van der Waals surface area (Å²) >= 11 is 0. The minimum atomic E-state index is -3.91. The molecule has 11 heteroatoms. The van der Waals surface area contributed by atoms with E-state index in [1.54, 1.807) is 6.07 Å². The summed E-state index contributed by atoms with van der Waals surface area (Å²) in [6, 6.07) is 8.61. The van der Waals surface area contributed by atoms with Crippen molar-refractivity contribution in [2.24, 2.45) is 0 Å². The number of esters is 1. The van der Waals surface area contributed by atoms with E-state index < -0.39 is 21.9 Å². The normalized spacial score (nSPS) is 14.5. The zero-order valence-electron chi connectivity index (χ0n) is 17.9. The quantitative estimate of drug-likeness (QED) is 0.616. The number of rotatable bonds is 7. The Balaban J connectivity index is 1.95. The van der Waals surface area contributed by atoms with Crippen LogP contribution in [0.3, 0.4) is 0 Å². The van der Waals surface area contributed by atoms with Crippen molar-refractivity contribution < 1.29 is 37.0 Å². The van der Waals surface area contributed by atoms with Crippen LogP contribution in [0.2, 0.25) is 0 Å². The molecule has 10 nitrogen and oxygen atoms in total. The van der Waals surface area contributed by atoms with Crippen LogP contribution in [-0.2, 0) is 19.5 Å². The minimum Gasteiger partial charge on any atom is -0.497 e. The molecule has 2 aromatic carbocycles. The number of benzene rings is 2. The summed E-state index contributed by atoms with van der Waals surface area (Å²) in [5.41, 5.74) is 0.357. The topological polar surface area (TPSA) is 120 Å². The monoisotopic (exact) mass is 464 g/mol. The molecule has 32 heavy (non-hydrogen) atoms. The van der Waals surface area contributed by atoms with Gasteiger partial charge in [0.05, 0.1) is 45.8 Å². The third-order valence-corrected chi connectivity index (χ3v) is 6.81. The lowest BCUT2D eigenvalue weighted by Crippen LogP contribution is -2.40. The Morgan fingerprint density at radius 1 is 1.00 bits per heavy atom. The lowest BCUT2D eigenvalue weighted by Gasteiger charge is -2.26. The van der Waals surface area contributed by atoms with Crippen LogP contribution in [-0.4, -0.2) is 72.2 Å². The maximum Gasteiger partial charge on any atom is 0.340 e. The van der Waals surface area contributed by atoms with Crippen LogP contribution in [0.1, 0.15) is 20.7 Å². The Kier molecular flexibility index (Phi) is 7.33. The predicted octanol–water partition coefficient (Wildman–Crippen LogP) is 1.76. The minimum absolute atomic E-state index is 0.0734. The number of ether oxygens (including phenoxy) is 4. The molecule has 0 atom stereocenters. The number of nitrogens with zero attached hydrogens (tertiary/aromatic N) is 1. The van der Waals surface area contributed by atoms with Crippen LogP contribution < -0.4 is 14.8 Å². The van der Waals surface area contributed by atoms with Gasteiger partial charge in [-0.1, -0.05) is 0 Å². The first-order valence-electron chi connectivity index (χ1n) is 9.65. The average Bonchev–Trinajstić information content (AvgIpc) is 2.83. The molecule has 1 saturated heterocycles. The Hall–Kier alpha value is -3.15. The molecule has 1 aliphatic heterocycles. The molecule has 1 aliphatic rings. The molecule has 3 rings (SSSR count). The van der Waals surface area contributed by atoms with E-state index in [1.807, 2.05) is 0 Å². The second-order valence-corrected chi connectivity index (χ2v) is 8.65. The van der Waals surface area contributed by atoms with Gasteiger partial charge in [-0.05, 0) is 36.4 Å². The van der Waals surface area contributed by atoms with Crippen LogP contribution in [0.4, 0.5) is 5.69 Å². The highest BCUT2D eigenvalue weighted by Gasteiger charge is 2.30. The van der Waals surface area contributed by atoms with Gasteiger partial charge in [0.1, 0.15) is 16.4 Å².